The second-order valence-electron chi connectivity index (χ2n) is 7.91. The number of fused-ring (bicyclic) bond motifs is 1. The molecule has 3 aromatic rings. The Morgan fingerprint density at radius 1 is 1.18 bits per heavy atom. The minimum Gasteiger partial charge on any atom is -0.384 e. The fraction of sp³-hybridized carbons (Fsp3) is 0.231. The first kappa shape index (κ1) is 24.1. The summed E-state index contributed by atoms with van der Waals surface area (Å²) in [6, 6.07) is 9.70. The molecular formula is C26H28ClN5O. The SMILES string of the molecule is C=N/C(=C\C(=C/C)C(=O)NCc1c(C)cc(N)nc1C)Cc1ccc2nc(C)c(Cl)cc2c1. The van der Waals surface area contributed by atoms with Crippen molar-refractivity contribution in [3.8, 4) is 0 Å². The van der Waals surface area contributed by atoms with Gasteiger partial charge in [-0.25, -0.2) is 4.98 Å². The van der Waals surface area contributed by atoms with Gasteiger partial charge in [0, 0.05) is 35.3 Å². The lowest BCUT2D eigenvalue weighted by molar-refractivity contribution is -0.117. The summed E-state index contributed by atoms with van der Waals surface area (Å²) in [7, 11) is 0. The van der Waals surface area contributed by atoms with Gasteiger partial charge in [0.15, 0.2) is 0 Å². The molecule has 0 bridgehead atoms. The molecule has 0 fully saturated rings. The van der Waals surface area contributed by atoms with Crippen molar-refractivity contribution < 1.29 is 4.79 Å². The van der Waals surface area contributed by atoms with Gasteiger partial charge in [0.25, 0.3) is 5.91 Å². The topological polar surface area (TPSA) is 93.3 Å². The molecule has 0 aliphatic rings. The number of nitrogens with one attached hydrogen (secondary N) is 1. The number of carbonyl (C=O) groups excluding carboxylic acids is 1. The highest BCUT2D eigenvalue weighted by Gasteiger charge is 2.11. The summed E-state index contributed by atoms with van der Waals surface area (Å²) < 4.78 is 0. The van der Waals surface area contributed by atoms with Crippen LogP contribution in [0.1, 0.15) is 35.0 Å². The molecule has 2 aromatic heterocycles. The maximum absolute atomic E-state index is 12.8. The molecule has 0 saturated carbocycles. The molecule has 7 heteroatoms. The summed E-state index contributed by atoms with van der Waals surface area (Å²) in [6.45, 7) is 11.6. The van der Waals surface area contributed by atoms with Gasteiger partial charge in [0.05, 0.1) is 16.2 Å². The number of hydrogen-bond acceptors (Lipinski definition) is 5. The molecule has 33 heavy (non-hydrogen) atoms. The largest absolute Gasteiger partial charge is 0.384 e. The third-order valence-electron chi connectivity index (χ3n) is 5.49. The van der Waals surface area contributed by atoms with E-state index < -0.39 is 0 Å². The molecule has 0 aliphatic carbocycles. The van der Waals surface area contributed by atoms with E-state index in [1.54, 1.807) is 18.2 Å². The third-order valence-corrected chi connectivity index (χ3v) is 5.87. The predicted molar refractivity (Wildman–Crippen MR) is 137 cm³/mol. The molecule has 2 heterocycles. The van der Waals surface area contributed by atoms with Crippen molar-refractivity contribution in [2.75, 3.05) is 5.73 Å². The first-order chi connectivity index (χ1) is 15.7. The third kappa shape index (κ3) is 5.84. The number of aryl methyl sites for hydroxylation is 3. The lowest BCUT2D eigenvalue weighted by Gasteiger charge is -2.12. The Labute approximate surface area is 199 Å². The van der Waals surface area contributed by atoms with E-state index >= 15 is 0 Å². The lowest BCUT2D eigenvalue weighted by atomic mass is 10.0. The standard InChI is InChI=1S/C26H28ClN5O/c1-6-19(26(33)30-14-22-15(2)9-25(28)32-16(22)3)12-21(29-5)11-18-7-8-24-20(10-18)13-23(27)17(4)31-24/h6-10,12-13H,5,11,14H2,1-4H3,(H2,28,32)(H,30,33)/b19-6+,21-12-. The quantitative estimate of drug-likeness (QED) is 0.288. The summed E-state index contributed by atoms with van der Waals surface area (Å²) in [5, 5.41) is 4.55. The fourth-order valence-corrected chi connectivity index (χ4v) is 3.81. The van der Waals surface area contributed by atoms with Crippen LogP contribution in [0.25, 0.3) is 10.9 Å². The minimum absolute atomic E-state index is 0.195. The number of hydrogen-bond donors (Lipinski definition) is 2. The van der Waals surface area contributed by atoms with E-state index in [1.165, 1.54) is 0 Å². The molecule has 0 unspecified atom stereocenters. The van der Waals surface area contributed by atoms with E-state index in [1.807, 2.05) is 52.0 Å². The summed E-state index contributed by atoms with van der Waals surface area (Å²) in [5.41, 5.74) is 12.5. The zero-order valence-corrected chi connectivity index (χ0v) is 20.1. The molecule has 0 atom stereocenters. The zero-order chi connectivity index (χ0) is 24.1. The number of nitrogens with zero attached hydrogens (tertiary/aromatic N) is 3. The number of carbonyl (C=O) groups is 1. The highest BCUT2D eigenvalue weighted by atomic mass is 35.5. The van der Waals surface area contributed by atoms with Crippen LogP contribution in [0.15, 0.2) is 58.7 Å². The van der Waals surface area contributed by atoms with Crippen LogP contribution in [-0.2, 0) is 17.8 Å². The van der Waals surface area contributed by atoms with Gasteiger partial charge in [-0.3, -0.25) is 14.8 Å². The molecule has 1 aromatic carbocycles. The van der Waals surface area contributed by atoms with Crippen molar-refractivity contribution in [3.05, 3.63) is 86.9 Å². The van der Waals surface area contributed by atoms with Crippen LogP contribution in [0, 0.1) is 20.8 Å². The molecule has 0 spiro atoms. The molecule has 6 nitrogen and oxygen atoms in total. The number of aliphatic imine (C=N–C) groups is 1. The van der Waals surface area contributed by atoms with Gasteiger partial charge in [-0.15, -0.1) is 0 Å². The van der Waals surface area contributed by atoms with Gasteiger partial charge in [-0.2, -0.15) is 0 Å². The normalized spacial score (nSPS) is 12.2. The van der Waals surface area contributed by atoms with Gasteiger partial charge in [-0.1, -0.05) is 23.7 Å². The Morgan fingerprint density at radius 2 is 1.94 bits per heavy atom. The smallest absolute Gasteiger partial charge is 0.251 e. The molecule has 1 amide bonds. The molecular weight excluding hydrogens is 434 g/mol. The van der Waals surface area contributed by atoms with Crippen LogP contribution in [-0.4, -0.2) is 22.6 Å². The van der Waals surface area contributed by atoms with E-state index in [0.29, 0.717) is 35.1 Å². The Balaban J connectivity index is 1.76. The van der Waals surface area contributed by atoms with Crippen LogP contribution in [0.3, 0.4) is 0 Å². The first-order valence-electron chi connectivity index (χ1n) is 10.6. The average molecular weight is 462 g/mol. The number of aromatic nitrogens is 2. The van der Waals surface area contributed by atoms with Crippen molar-refractivity contribution in [2.45, 2.75) is 40.7 Å². The van der Waals surface area contributed by atoms with Gasteiger partial charge in [-0.05, 0) is 81.4 Å². The maximum atomic E-state index is 12.8. The number of pyridine rings is 2. The number of allylic oxidation sites excluding steroid dienone is 2. The predicted octanol–water partition coefficient (Wildman–Crippen LogP) is 5.18. The Kier molecular flexibility index (Phi) is 7.61. The molecule has 0 saturated heterocycles. The molecule has 3 rings (SSSR count). The van der Waals surface area contributed by atoms with Crippen LogP contribution in [0.4, 0.5) is 5.82 Å². The number of halogens is 1. The van der Waals surface area contributed by atoms with E-state index in [0.717, 1.165) is 39.0 Å². The second kappa shape index (κ2) is 10.4. The number of benzene rings is 1. The van der Waals surface area contributed by atoms with Crippen LogP contribution in [0.2, 0.25) is 5.02 Å². The Bertz CT molecular complexity index is 1270. The highest BCUT2D eigenvalue weighted by molar-refractivity contribution is 6.31. The molecule has 170 valence electrons. The average Bonchev–Trinajstić information content (AvgIpc) is 2.76. The van der Waals surface area contributed by atoms with E-state index in [-0.39, 0.29) is 5.91 Å². The maximum Gasteiger partial charge on any atom is 0.251 e. The van der Waals surface area contributed by atoms with Crippen molar-refractivity contribution in [1.29, 1.82) is 0 Å². The van der Waals surface area contributed by atoms with Gasteiger partial charge < -0.3 is 11.1 Å². The Hall–Kier alpha value is -3.51. The van der Waals surface area contributed by atoms with Crippen LogP contribution < -0.4 is 11.1 Å². The number of nitrogens with two attached hydrogens (primary N) is 1. The van der Waals surface area contributed by atoms with E-state index in [4.69, 9.17) is 17.3 Å². The first-order valence-corrected chi connectivity index (χ1v) is 11.0. The van der Waals surface area contributed by atoms with Gasteiger partial charge >= 0.3 is 0 Å². The monoisotopic (exact) mass is 461 g/mol. The summed E-state index contributed by atoms with van der Waals surface area (Å²) in [4.78, 5) is 25.8. The minimum atomic E-state index is -0.195. The number of amides is 1. The van der Waals surface area contributed by atoms with Crippen molar-refractivity contribution in [2.24, 2.45) is 4.99 Å². The van der Waals surface area contributed by atoms with Gasteiger partial charge in [0.2, 0.25) is 0 Å². The van der Waals surface area contributed by atoms with E-state index in [2.05, 4.69) is 27.0 Å². The Morgan fingerprint density at radius 3 is 2.61 bits per heavy atom. The molecule has 3 N–H and O–H groups in total. The molecule has 0 aliphatic heterocycles. The summed E-state index contributed by atoms with van der Waals surface area (Å²) >= 11 is 6.23. The summed E-state index contributed by atoms with van der Waals surface area (Å²) in [5.74, 6) is 0.278. The lowest BCUT2D eigenvalue weighted by Crippen LogP contribution is -2.25. The van der Waals surface area contributed by atoms with Gasteiger partial charge in [0.1, 0.15) is 5.82 Å². The van der Waals surface area contributed by atoms with Crippen molar-refractivity contribution >= 4 is 40.9 Å². The van der Waals surface area contributed by atoms with Crippen LogP contribution >= 0.6 is 11.6 Å². The highest BCUT2D eigenvalue weighted by Crippen LogP contribution is 2.23. The van der Waals surface area contributed by atoms with Crippen molar-refractivity contribution in [1.82, 2.24) is 15.3 Å². The molecule has 0 radical (unpaired) electrons. The number of anilines is 1. The summed E-state index contributed by atoms with van der Waals surface area (Å²) in [6.07, 6.45) is 4.04. The number of rotatable bonds is 7. The zero-order valence-electron chi connectivity index (χ0n) is 19.4. The number of nitrogen functional groups attached to an aromatic ring is 1. The van der Waals surface area contributed by atoms with Crippen molar-refractivity contribution in [3.63, 3.8) is 0 Å². The second-order valence-corrected chi connectivity index (χ2v) is 8.32. The fourth-order valence-electron chi connectivity index (χ4n) is 3.65. The van der Waals surface area contributed by atoms with E-state index in [9.17, 15) is 4.79 Å². The van der Waals surface area contributed by atoms with Crippen LogP contribution in [0.5, 0.6) is 0 Å².